The summed E-state index contributed by atoms with van der Waals surface area (Å²) in [4.78, 5) is 6.90. The van der Waals surface area contributed by atoms with Crippen LogP contribution >= 0.6 is 0 Å². The number of methoxy groups -OCH3 is 1. The zero-order valence-corrected chi connectivity index (χ0v) is 13.7. The molecule has 0 atom stereocenters. The van der Waals surface area contributed by atoms with E-state index in [1.165, 1.54) is 5.56 Å². The Morgan fingerprint density at radius 3 is 2.50 bits per heavy atom. The molecule has 0 spiro atoms. The summed E-state index contributed by atoms with van der Waals surface area (Å²) in [6.07, 6.45) is 0. The van der Waals surface area contributed by atoms with Gasteiger partial charge >= 0.3 is 0 Å². The minimum atomic E-state index is 0.434. The molecular formula is C16H29N3O. The van der Waals surface area contributed by atoms with Gasteiger partial charge in [-0.25, -0.2) is 4.98 Å². The van der Waals surface area contributed by atoms with Crippen LogP contribution in [0.2, 0.25) is 0 Å². The molecule has 1 aromatic heterocycles. The van der Waals surface area contributed by atoms with Crippen LogP contribution in [0.25, 0.3) is 0 Å². The fraction of sp³-hybridized carbons (Fsp3) is 0.688. The number of ether oxygens (including phenoxy) is 1. The Bertz CT molecular complexity index is 405. The van der Waals surface area contributed by atoms with Crippen molar-refractivity contribution in [1.29, 1.82) is 0 Å². The van der Waals surface area contributed by atoms with E-state index in [1.807, 2.05) is 0 Å². The Labute approximate surface area is 123 Å². The van der Waals surface area contributed by atoms with E-state index in [4.69, 9.17) is 9.72 Å². The molecule has 0 aliphatic carbocycles. The Balaban J connectivity index is 2.91. The molecule has 1 aromatic rings. The summed E-state index contributed by atoms with van der Waals surface area (Å²) in [5.74, 6) is 1.46. The lowest BCUT2D eigenvalue weighted by atomic mass is 10.1. The number of hydrogen-bond acceptors (Lipinski definition) is 4. The summed E-state index contributed by atoms with van der Waals surface area (Å²) in [6.45, 7) is 11.1. The van der Waals surface area contributed by atoms with E-state index in [0.29, 0.717) is 18.6 Å². The zero-order valence-electron chi connectivity index (χ0n) is 13.7. The van der Waals surface area contributed by atoms with Crippen LogP contribution in [0.1, 0.15) is 44.9 Å². The molecule has 4 nitrogen and oxygen atoms in total. The van der Waals surface area contributed by atoms with Crippen molar-refractivity contribution in [1.82, 2.24) is 10.3 Å². The monoisotopic (exact) mass is 279 g/mol. The third kappa shape index (κ3) is 5.47. The molecule has 0 saturated heterocycles. The van der Waals surface area contributed by atoms with Gasteiger partial charge < -0.3 is 15.0 Å². The number of nitrogens with one attached hydrogen (secondary N) is 1. The maximum absolute atomic E-state index is 5.14. The van der Waals surface area contributed by atoms with Gasteiger partial charge in [-0.05, 0) is 23.6 Å². The van der Waals surface area contributed by atoms with Crippen LogP contribution in [0.15, 0.2) is 12.1 Å². The summed E-state index contributed by atoms with van der Waals surface area (Å²) < 4.78 is 5.14. The quantitative estimate of drug-likeness (QED) is 0.794. The lowest BCUT2D eigenvalue weighted by Gasteiger charge is -2.21. The predicted molar refractivity (Wildman–Crippen MR) is 85.4 cm³/mol. The molecule has 0 aliphatic heterocycles. The van der Waals surface area contributed by atoms with Crippen molar-refractivity contribution in [3.8, 4) is 0 Å². The molecule has 1 heterocycles. The van der Waals surface area contributed by atoms with Gasteiger partial charge in [0.25, 0.3) is 0 Å². The minimum Gasteiger partial charge on any atom is -0.383 e. The van der Waals surface area contributed by atoms with E-state index in [-0.39, 0.29) is 0 Å². The molecule has 114 valence electrons. The van der Waals surface area contributed by atoms with Gasteiger partial charge in [-0.1, -0.05) is 27.7 Å². The molecule has 0 unspecified atom stereocenters. The van der Waals surface area contributed by atoms with Crippen LogP contribution in [0, 0.1) is 0 Å². The first-order valence-corrected chi connectivity index (χ1v) is 7.38. The Morgan fingerprint density at radius 2 is 1.95 bits per heavy atom. The van der Waals surface area contributed by atoms with Gasteiger partial charge in [0.2, 0.25) is 0 Å². The minimum absolute atomic E-state index is 0.434. The van der Waals surface area contributed by atoms with Crippen LogP contribution in [-0.4, -0.2) is 38.3 Å². The average Bonchev–Trinajstić information content (AvgIpc) is 2.42. The maximum Gasteiger partial charge on any atom is 0.128 e. The Morgan fingerprint density at radius 1 is 1.25 bits per heavy atom. The zero-order chi connectivity index (χ0) is 15.1. The molecule has 0 saturated carbocycles. The second-order valence-electron chi connectivity index (χ2n) is 5.86. The SMILES string of the molecule is COCCN(C)c1cc(CNC(C)C)cc(C(C)C)n1. The summed E-state index contributed by atoms with van der Waals surface area (Å²) >= 11 is 0. The van der Waals surface area contributed by atoms with Gasteiger partial charge in [-0.3, -0.25) is 0 Å². The predicted octanol–water partition coefficient (Wildman–Crippen LogP) is 2.79. The molecule has 20 heavy (non-hydrogen) atoms. The van der Waals surface area contributed by atoms with Crippen LogP contribution in [0.4, 0.5) is 5.82 Å². The fourth-order valence-electron chi connectivity index (χ4n) is 1.85. The molecule has 0 bridgehead atoms. The van der Waals surface area contributed by atoms with Gasteiger partial charge in [0.05, 0.1) is 6.61 Å². The second-order valence-corrected chi connectivity index (χ2v) is 5.86. The number of rotatable bonds is 8. The van der Waals surface area contributed by atoms with E-state index >= 15 is 0 Å². The highest BCUT2D eigenvalue weighted by Gasteiger charge is 2.09. The highest BCUT2D eigenvalue weighted by atomic mass is 16.5. The average molecular weight is 279 g/mol. The number of aromatic nitrogens is 1. The van der Waals surface area contributed by atoms with Gasteiger partial charge in [0.15, 0.2) is 0 Å². The third-order valence-corrected chi connectivity index (χ3v) is 3.22. The van der Waals surface area contributed by atoms with Gasteiger partial charge in [0, 0.05) is 39.0 Å². The smallest absolute Gasteiger partial charge is 0.128 e. The first-order chi connectivity index (χ1) is 9.43. The molecule has 1 rings (SSSR count). The molecule has 1 N–H and O–H groups in total. The van der Waals surface area contributed by atoms with Crippen LogP contribution in [0.3, 0.4) is 0 Å². The van der Waals surface area contributed by atoms with E-state index in [0.717, 1.165) is 24.6 Å². The number of anilines is 1. The molecule has 0 aromatic carbocycles. The van der Waals surface area contributed by atoms with Crippen LogP contribution in [0.5, 0.6) is 0 Å². The number of pyridine rings is 1. The lowest BCUT2D eigenvalue weighted by Crippen LogP contribution is -2.25. The van der Waals surface area contributed by atoms with Gasteiger partial charge in [0.1, 0.15) is 5.82 Å². The fourth-order valence-corrected chi connectivity index (χ4v) is 1.85. The number of nitrogens with zero attached hydrogens (tertiary/aromatic N) is 2. The van der Waals surface area contributed by atoms with Crippen molar-refractivity contribution >= 4 is 5.82 Å². The van der Waals surface area contributed by atoms with Crippen molar-refractivity contribution in [3.63, 3.8) is 0 Å². The first kappa shape index (κ1) is 16.9. The standard InChI is InChI=1S/C16H29N3O/c1-12(2)15-9-14(11-17-13(3)4)10-16(18-15)19(5)7-8-20-6/h9-10,12-13,17H,7-8,11H2,1-6H3. The van der Waals surface area contributed by atoms with Crippen molar-refractivity contribution in [2.75, 3.05) is 32.2 Å². The summed E-state index contributed by atoms with van der Waals surface area (Å²) in [6, 6.07) is 4.85. The van der Waals surface area contributed by atoms with E-state index in [1.54, 1.807) is 7.11 Å². The number of likely N-dealkylation sites (N-methyl/N-ethyl adjacent to an activating group) is 1. The van der Waals surface area contributed by atoms with Crippen molar-refractivity contribution in [2.45, 2.75) is 46.2 Å². The Hall–Kier alpha value is -1.13. The second kappa shape index (κ2) is 8.22. The first-order valence-electron chi connectivity index (χ1n) is 7.38. The van der Waals surface area contributed by atoms with E-state index < -0.39 is 0 Å². The van der Waals surface area contributed by atoms with Crippen LogP contribution in [-0.2, 0) is 11.3 Å². The maximum atomic E-state index is 5.14. The topological polar surface area (TPSA) is 37.4 Å². The van der Waals surface area contributed by atoms with Crippen molar-refractivity contribution < 1.29 is 4.74 Å². The molecule has 4 heteroatoms. The lowest BCUT2D eigenvalue weighted by molar-refractivity contribution is 0.206. The normalized spacial score (nSPS) is 11.4. The van der Waals surface area contributed by atoms with E-state index in [2.05, 4.69) is 57.1 Å². The Kier molecular flexibility index (Phi) is 6.96. The molecule has 0 fully saturated rings. The largest absolute Gasteiger partial charge is 0.383 e. The van der Waals surface area contributed by atoms with Crippen molar-refractivity contribution in [3.05, 3.63) is 23.4 Å². The highest BCUT2D eigenvalue weighted by Crippen LogP contribution is 2.19. The van der Waals surface area contributed by atoms with Crippen molar-refractivity contribution in [2.24, 2.45) is 0 Å². The van der Waals surface area contributed by atoms with Gasteiger partial charge in [-0.2, -0.15) is 0 Å². The summed E-state index contributed by atoms with van der Waals surface area (Å²) in [7, 11) is 3.79. The summed E-state index contributed by atoms with van der Waals surface area (Å²) in [5.41, 5.74) is 2.43. The van der Waals surface area contributed by atoms with E-state index in [9.17, 15) is 0 Å². The summed E-state index contributed by atoms with van der Waals surface area (Å²) in [5, 5.41) is 3.47. The van der Waals surface area contributed by atoms with Gasteiger partial charge in [-0.15, -0.1) is 0 Å². The van der Waals surface area contributed by atoms with Crippen LogP contribution < -0.4 is 10.2 Å². The highest BCUT2D eigenvalue weighted by molar-refractivity contribution is 5.42. The molecule has 0 amide bonds. The molecule has 0 radical (unpaired) electrons. The number of hydrogen-bond donors (Lipinski definition) is 1. The third-order valence-electron chi connectivity index (χ3n) is 3.22. The molecule has 0 aliphatic rings. The molecular weight excluding hydrogens is 250 g/mol.